The minimum atomic E-state index is -0.124. The molecule has 1 amide bonds. The Balaban J connectivity index is 1.99. The standard InChI is InChI=1S/C18H26N4O2S/c1-5-24-9-8-22-16(20-14(21-22)11-15(23)19-4)18(12-17(18,2)3)13-7-6-10-25-13/h6-7,10H,5,8-9,11-12H2,1-4H3,(H,19,23). The molecule has 0 aliphatic heterocycles. The van der Waals surface area contributed by atoms with Crippen LogP contribution in [0.2, 0.25) is 0 Å². The molecule has 1 unspecified atom stereocenters. The molecule has 0 aromatic carbocycles. The number of hydrogen-bond donors (Lipinski definition) is 1. The van der Waals surface area contributed by atoms with E-state index in [9.17, 15) is 4.79 Å². The number of nitrogens with zero attached hydrogens (tertiary/aromatic N) is 3. The van der Waals surface area contributed by atoms with Gasteiger partial charge in [0.25, 0.3) is 0 Å². The van der Waals surface area contributed by atoms with Gasteiger partial charge in [0.15, 0.2) is 5.82 Å². The Labute approximate surface area is 152 Å². The number of thiophene rings is 1. The monoisotopic (exact) mass is 362 g/mol. The highest BCUT2D eigenvalue weighted by Crippen LogP contribution is 2.68. The van der Waals surface area contributed by atoms with Crippen LogP contribution in [-0.4, -0.2) is 40.9 Å². The zero-order chi connectivity index (χ0) is 18.1. The van der Waals surface area contributed by atoms with E-state index in [1.165, 1.54) is 4.88 Å². The van der Waals surface area contributed by atoms with Crippen molar-refractivity contribution < 1.29 is 9.53 Å². The molecule has 136 valence electrons. The summed E-state index contributed by atoms with van der Waals surface area (Å²) < 4.78 is 7.46. The second-order valence-electron chi connectivity index (χ2n) is 7.06. The third-order valence-corrected chi connectivity index (χ3v) is 6.06. The van der Waals surface area contributed by atoms with Gasteiger partial charge in [-0.15, -0.1) is 11.3 Å². The van der Waals surface area contributed by atoms with Crippen LogP contribution >= 0.6 is 11.3 Å². The number of aromatic nitrogens is 3. The van der Waals surface area contributed by atoms with Gasteiger partial charge in [0.1, 0.15) is 5.82 Å². The van der Waals surface area contributed by atoms with E-state index in [1.807, 2.05) is 11.6 Å². The average Bonchev–Trinajstić information content (AvgIpc) is 3.01. The number of rotatable bonds is 8. The van der Waals surface area contributed by atoms with E-state index in [0.29, 0.717) is 25.6 Å². The summed E-state index contributed by atoms with van der Waals surface area (Å²) in [7, 11) is 1.63. The number of likely N-dealkylation sites (N-methyl/N-ethyl adjacent to an activating group) is 1. The summed E-state index contributed by atoms with van der Waals surface area (Å²) in [4.78, 5) is 17.9. The van der Waals surface area contributed by atoms with Crippen LogP contribution < -0.4 is 5.32 Å². The molecule has 25 heavy (non-hydrogen) atoms. The predicted molar refractivity (Wildman–Crippen MR) is 97.8 cm³/mol. The van der Waals surface area contributed by atoms with E-state index in [1.54, 1.807) is 18.4 Å². The lowest BCUT2D eigenvalue weighted by molar-refractivity contribution is -0.120. The maximum atomic E-state index is 11.8. The van der Waals surface area contributed by atoms with Gasteiger partial charge in [-0.1, -0.05) is 19.9 Å². The van der Waals surface area contributed by atoms with Gasteiger partial charge in [0, 0.05) is 18.5 Å². The first-order valence-corrected chi connectivity index (χ1v) is 9.59. The van der Waals surface area contributed by atoms with Crippen LogP contribution in [0.1, 0.15) is 43.7 Å². The summed E-state index contributed by atoms with van der Waals surface area (Å²) in [6, 6.07) is 4.27. The summed E-state index contributed by atoms with van der Waals surface area (Å²) in [5.74, 6) is 1.46. The molecule has 6 nitrogen and oxygen atoms in total. The molecule has 2 heterocycles. The highest BCUT2D eigenvalue weighted by atomic mass is 32.1. The molecule has 1 aliphatic rings. The Kier molecular flexibility index (Phi) is 4.97. The minimum absolute atomic E-state index is 0.0752. The van der Waals surface area contributed by atoms with Crippen molar-refractivity contribution in [2.75, 3.05) is 20.3 Å². The Morgan fingerprint density at radius 3 is 2.80 bits per heavy atom. The molecule has 0 saturated heterocycles. The predicted octanol–water partition coefficient (Wildman–Crippen LogP) is 2.38. The lowest BCUT2D eigenvalue weighted by Crippen LogP contribution is -2.23. The van der Waals surface area contributed by atoms with Gasteiger partial charge in [0.05, 0.1) is 25.0 Å². The smallest absolute Gasteiger partial charge is 0.227 e. The van der Waals surface area contributed by atoms with Gasteiger partial charge in [-0.2, -0.15) is 5.10 Å². The zero-order valence-electron chi connectivity index (χ0n) is 15.3. The van der Waals surface area contributed by atoms with E-state index >= 15 is 0 Å². The van der Waals surface area contributed by atoms with E-state index in [4.69, 9.17) is 9.72 Å². The Morgan fingerprint density at radius 2 is 2.24 bits per heavy atom. The number of hydrogen-bond acceptors (Lipinski definition) is 5. The largest absolute Gasteiger partial charge is 0.380 e. The highest BCUT2D eigenvalue weighted by molar-refractivity contribution is 7.10. The van der Waals surface area contributed by atoms with Crippen LogP contribution in [0.4, 0.5) is 0 Å². The van der Waals surface area contributed by atoms with Crippen LogP contribution in [0.25, 0.3) is 0 Å². The van der Waals surface area contributed by atoms with E-state index in [-0.39, 0.29) is 23.2 Å². The maximum absolute atomic E-state index is 11.8. The Bertz CT molecular complexity index is 738. The molecule has 1 fully saturated rings. The van der Waals surface area contributed by atoms with Crippen molar-refractivity contribution in [2.24, 2.45) is 5.41 Å². The number of amides is 1. The van der Waals surface area contributed by atoms with Gasteiger partial charge in [-0.25, -0.2) is 9.67 Å². The topological polar surface area (TPSA) is 69.0 Å². The molecular formula is C18H26N4O2S. The van der Waals surface area contributed by atoms with Crippen LogP contribution in [0.3, 0.4) is 0 Å². The van der Waals surface area contributed by atoms with Crippen LogP contribution in [0.15, 0.2) is 17.5 Å². The van der Waals surface area contributed by atoms with Crippen molar-refractivity contribution in [2.45, 2.75) is 45.6 Å². The Hall–Kier alpha value is -1.73. The molecule has 2 aromatic rings. The first-order chi connectivity index (χ1) is 11.9. The molecule has 1 aliphatic carbocycles. The summed E-state index contributed by atoms with van der Waals surface area (Å²) in [5.41, 5.74) is -0.000141. The maximum Gasteiger partial charge on any atom is 0.227 e. The summed E-state index contributed by atoms with van der Waals surface area (Å²) in [6.45, 7) is 8.44. The van der Waals surface area contributed by atoms with Crippen molar-refractivity contribution in [1.82, 2.24) is 20.1 Å². The first kappa shape index (κ1) is 18.1. The van der Waals surface area contributed by atoms with Gasteiger partial charge in [-0.3, -0.25) is 4.79 Å². The number of ether oxygens (including phenoxy) is 1. The molecule has 1 N–H and O–H groups in total. The van der Waals surface area contributed by atoms with Crippen molar-refractivity contribution in [3.8, 4) is 0 Å². The molecule has 2 aromatic heterocycles. The molecule has 0 radical (unpaired) electrons. The van der Waals surface area contributed by atoms with Crippen molar-refractivity contribution in [3.63, 3.8) is 0 Å². The summed E-state index contributed by atoms with van der Waals surface area (Å²) >= 11 is 1.76. The van der Waals surface area contributed by atoms with Crippen LogP contribution in [0.5, 0.6) is 0 Å². The van der Waals surface area contributed by atoms with Gasteiger partial charge < -0.3 is 10.1 Å². The second kappa shape index (κ2) is 6.88. The number of carbonyl (C=O) groups is 1. The minimum Gasteiger partial charge on any atom is -0.380 e. The molecule has 0 bridgehead atoms. The summed E-state index contributed by atoms with van der Waals surface area (Å²) in [5, 5.41) is 9.37. The lowest BCUT2D eigenvalue weighted by Gasteiger charge is -2.19. The molecule has 7 heteroatoms. The third kappa shape index (κ3) is 3.22. The van der Waals surface area contributed by atoms with Crippen molar-refractivity contribution in [3.05, 3.63) is 34.0 Å². The zero-order valence-corrected chi connectivity index (χ0v) is 16.2. The van der Waals surface area contributed by atoms with Crippen molar-refractivity contribution >= 4 is 17.2 Å². The fraction of sp³-hybridized carbons (Fsp3) is 0.611. The lowest BCUT2D eigenvalue weighted by atomic mass is 9.93. The van der Waals surface area contributed by atoms with Crippen LogP contribution in [-0.2, 0) is 27.9 Å². The van der Waals surface area contributed by atoms with Crippen LogP contribution in [0, 0.1) is 5.41 Å². The normalized spacial score (nSPS) is 21.3. The van der Waals surface area contributed by atoms with E-state index in [2.05, 4.69) is 41.8 Å². The fourth-order valence-corrected chi connectivity index (χ4v) is 4.62. The Morgan fingerprint density at radius 1 is 1.48 bits per heavy atom. The molecular weight excluding hydrogens is 336 g/mol. The SMILES string of the molecule is CCOCCn1nc(CC(=O)NC)nc1C1(c2cccs2)CC1(C)C. The average molecular weight is 362 g/mol. The quantitative estimate of drug-likeness (QED) is 0.732. The third-order valence-electron chi connectivity index (χ3n) is 5.03. The first-order valence-electron chi connectivity index (χ1n) is 8.71. The molecule has 1 saturated carbocycles. The van der Waals surface area contributed by atoms with Gasteiger partial charge >= 0.3 is 0 Å². The fourth-order valence-electron chi connectivity index (χ4n) is 3.52. The second-order valence-corrected chi connectivity index (χ2v) is 8.01. The number of nitrogens with one attached hydrogen (secondary N) is 1. The highest BCUT2D eigenvalue weighted by Gasteiger charge is 2.66. The molecule has 0 spiro atoms. The number of carbonyl (C=O) groups excluding carboxylic acids is 1. The van der Waals surface area contributed by atoms with Gasteiger partial charge in [0.2, 0.25) is 5.91 Å². The van der Waals surface area contributed by atoms with E-state index < -0.39 is 0 Å². The summed E-state index contributed by atoms with van der Waals surface area (Å²) in [6.07, 6.45) is 1.24. The van der Waals surface area contributed by atoms with Crippen molar-refractivity contribution in [1.29, 1.82) is 0 Å². The van der Waals surface area contributed by atoms with E-state index in [0.717, 1.165) is 12.2 Å². The van der Waals surface area contributed by atoms with Gasteiger partial charge in [-0.05, 0) is 30.2 Å². The molecule has 1 atom stereocenters. The molecule has 3 rings (SSSR count).